The van der Waals surface area contributed by atoms with Crippen molar-refractivity contribution < 1.29 is 4.79 Å². The van der Waals surface area contributed by atoms with Gasteiger partial charge in [-0.25, -0.2) is 0 Å². The van der Waals surface area contributed by atoms with Crippen LogP contribution in [-0.4, -0.2) is 17.5 Å². The molecule has 1 aliphatic rings. The highest BCUT2D eigenvalue weighted by Crippen LogP contribution is 2.33. The molecule has 3 N–H and O–H groups in total. The van der Waals surface area contributed by atoms with Crippen molar-refractivity contribution in [3.05, 3.63) is 0 Å². The van der Waals surface area contributed by atoms with E-state index in [1.54, 1.807) is 6.92 Å². The normalized spacial score (nSPS) is 35.0. The lowest BCUT2D eigenvalue weighted by molar-refractivity contribution is -0.124. The smallest absolute Gasteiger partial charge is 0.237 e. The quantitative estimate of drug-likeness (QED) is 0.705. The van der Waals surface area contributed by atoms with Crippen molar-refractivity contribution in [1.82, 2.24) is 5.32 Å². The van der Waals surface area contributed by atoms with Crippen molar-refractivity contribution in [2.75, 3.05) is 0 Å². The van der Waals surface area contributed by atoms with Gasteiger partial charge in [0, 0.05) is 5.54 Å². The topological polar surface area (TPSA) is 55.1 Å². The summed E-state index contributed by atoms with van der Waals surface area (Å²) in [4.78, 5) is 11.5. The molecule has 0 heterocycles. The molecule has 0 aromatic heterocycles. The molecule has 0 radical (unpaired) electrons. The van der Waals surface area contributed by atoms with Gasteiger partial charge in [0.25, 0.3) is 0 Å². The Morgan fingerprint density at radius 1 is 1.57 bits per heavy atom. The Bertz CT molecular complexity index is 215. The van der Waals surface area contributed by atoms with Crippen molar-refractivity contribution in [2.45, 2.75) is 58.0 Å². The second-order valence-electron chi connectivity index (χ2n) is 4.84. The lowest BCUT2D eigenvalue weighted by Crippen LogP contribution is -2.55. The zero-order valence-corrected chi connectivity index (χ0v) is 9.47. The van der Waals surface area contributed by atoms with E-state index in [9.17, 15) is 4.79 Å². The third kappa shape index (κ3) is 2.47. The van der Waals surface area contributed by atoms with Gasteiger partial charge in [-0.3, -0.25) is 4.79 Å². The van der Waals surface area contributed by atoms with E-state index in [0.717, 1.165) is 6.42 Å². The van der Waals surface area contributed by atoms with Crippen molar-refractivity contribution >= 4 is 5.91 Å². The van der Waals surface area contributed by atoms with E-state index >= 15 is 0 Å². The summed E-state index contributed by atoms with van der Waals surface area (Å²) < 4.78 is 0. The minimum absolute atomic E-state index is 0.0266. The summed E-state index contributed by atoms with van der Waals surface area (Å²) in [5.41, 5.74) is 5.51. The predicted octanol–water partition coefficient (Wildman–Crippen LogP) is 1.42. The molecule has 0 aliphatic heterocycles. The number of carbonyl (C=O) groups is 1. The van der Waals surface area contributed by atoms with Gasteiger partial charge in [0.15, 0.2) is 0 Å². The Balaban J connectivity index is 2.59. The SMILES string of the molecule is CC(N)C(=O)NC1(C)CCCCC1C. The van der Waals surface area contributed by atoms with Crippen LogP contribution < -0.4 is 11.1 Å². The van der Waals surface area contributed by atoms with E-state index in [1.165, 1.54) is 19.3 Å². The minimum atomic E-state index is -0.402. The van der Waals surface area contributed by atoms with Crippen LogP contribution in [0, 0.1) is 5.92 Å². The molecule has 3 unspecified atom stereocenters. The van der Waals surface area contributed by atoms with Gasteiger partial charge in [-0.05, 0) is 32.6 Å². The summed E-state index contributed by atoms with van der Waals surface area (Å²) in [7, 11) is 0. The summed E-state index contributed by atoms with van der Waals surface area (Å²) >= 11 is 0. The van der Waals surface area contributed by atoms with Gasteiger partial charge in [0.05, 0.1) is 6.04 Å². The lowest BCUT2D eigenvalue weighted by Gasteiger charge is -2.40. The molecular weight excluding hydrogens is 176 g/mol. The van der Waals surface area contributed by atoms with E-state index < -0.39 is 6.04 Å². The first kappa shape index (κ1) is 11.5. The highest BCUT2D eigenvalue weighted by atomic mass is 16.2. The molecule has 1 rings (SSSR count). The molecule has 3 nitrogen and oxygen atoms in total. The predicted molar refractivity (Wildman–Crippen MR) is 57.8 cm³/mol. The summed E-state index contributed by atoms with van der Waals surface area (Å²) in [6.07, 6.45) is 4.77. The van der Waals surface area contributed by atoms with E-state index in [2.05, 4.69) is 19.2 Å². The van der Waals surface area contributed by atoms with Crippen molar-refractivity contribution in [3.8, 4) is 0 Å². The molecule has 0 aromatic carbocycles. The Kier molecular flexibility index (Phi) is 3.53. The number of carbonyl (C=O) groups excluding carboxylic acids is 1. The van der Waals surface area contributed by atoms with E-state index in [4.69, 9.17) is 5.73 Å². The zero-order valence-electron chi connectivity index (χ0n) is 9.47. The fourth-order valence-corrected chi connectivity index (χ4v) is 2.09. The molecular formula is C11H22N2O. The maximum absolute atomic E-state index is 11.5. The molecule has 1 saturated carbocycles. The molecule has 0 spiro atoms. The number of amides is 1. The molecule has 3 atom stereocenters. The lowest BCUT2D eigenvalue weighted by atomic mass is 9.75. The maximum atomic E-state index is 11.5. The second-order valence-corrected chi connectivity index (χ2v) is 4.84. The molecule has 1 amide bonds. The minimum Gasteiger partial charge on any atom is -0.349 e. The van der Waals surface area contributed by atoms with E-state index in [-0.39, 0.29) is 11.4 Å². The third-order valence-electron chi connectivity index (χ3n) is 3.49. The second kappa shape index (κ2) is 4.30. The van der Waals surface area contributed by atoms with E-state index in [0.29, 0.717) is 5.92 Å². The fourth-order valence-electron chi connectivity index (χ4n) is 2.09. The zero-order chi connectivity index (χ0) is 10.8. The summed E-state index contributed by atoms with van der Waals surface area (Å²) in [6, 6.07) is -0.402. The monoisotopic (exact) mass is 198 g/mol. The van der Waals surface area contributed by atoms with Crippen LogP contribution in [0.15, 0.2) is 0 Å². The highest BCUT2D eigenvalue weighted by molar-refractivity contribution is 5.81. The molecule has 0 bridgehead atoms. The largest absolute Gasteiger partial charge is 0.349 e. The van der Waals surface area contributed by atoms with Crippen LogP contribution in [0.5, 0.6) is 0 Å². The van der Waals surface area contributed by atoms with Gasteiger partial charge in [-0.15, -0.1) is 0 Å². The van der Waals surface area contributed by atoms with Crippen LogP contribution in [0.1, 0.15) is 46.5 Å². The van der Waals surface area contributed by atoms with Gasteiger partial charge in [-0.1, -0.05) is 19.8 Å². The third-order valence-corrected chi connectivity index (χ3v) is 3.49. The summed E-state index contributed by atoms with van der Waals surface area (Å²) in [5.74, 6) is 0.528. The Hall–Kier alpha value is -0.570. The van der Waals surface area contributed by atoms with Crippen LogP contribution >= 0.6 is 0 Å². The first-order chi connectivity index (χ1) is 6.46. The summed E-state index contributed by atoms with van der Waals surface area (Å²) in [6.45, 7) is 6.07. The highest BCUT2D eigenvalue weighted by Gasteiger charge is 2.35. The molecule has 0 saturated heterocycles. The molecule has 0 aromatic rings. The average Bonchev–Trinajstić information content (AvgIpc) is 2.10. The average molecular weight is 198 g/mol. The van der Waals surface area contributed by atoms with Crippen molar-refractivity contribution in [3.63, 3.8) is 0 Å². The van der Waals surface area contributed by atoms with Gasteiger partial charge in [0.2, 0.25) is 5.91 Å². The first-order valence-corrected chi connectivity index (χ1v) is 5.53. The Morgan fingerprint density at radius 3 is 2.71 bits per heavy atom. The molecule has 14 heavy (non-hydrogen) atoms. The summed E-state index contributed by atoms with van der Waals surface area (Å²) in [5, 5.41) is 3.08. The molecule has 3 heteroatoms. The van der Waals surface area contributed by atoms with Gasteiger partial charge < -0.3 is 11.1 Å². The Labute approximate surface area is 86.4 Å². The number of nitrogens with two attached hydrogens (primary N) is 1. The van der Waals surface area contributed by atoms with Crippen LogP contribution in [0.3, 0.4) is 0 Å². The number of hydrogen-bond donors (Lipinski definition) is 2. The maximum Gasteiger partial charge on any atom is 0.237 e. The standard InChI is InChI=1S/C11H22N2O/c1-8-6-4-5-7-11(8,3)13-10(14)9(2)12/h8-9H,4-7,12H2,1-3H3,(H,13,14). The van der Waals surface area contributed by atoms with Crippen molar-refractivity contribution in [1.29, 1.82) is 0 Å². The van der Waals surface area contributed by atoms with Crippen LogP contribution in [0.2, 0.25) is 0 Å². The van der Waals surface area contributed by atoms with Gasteiger partial charge >= 0.3 is 0 Å². The molecule has 1 fully saturated rings. The fraction of sp³-hybridized carbons (Fsp3) is 0.909. The van der Waals surface area contributed by atoms with Gasteiger partial charge in [0.1, 0.15) is 0 Å². The number of nitrogens with one attached hydrogen (secondary N) is 1. The van der Waals surface area contributed by atoms with Crippen LogP contribution in [0.25, 0.3) is 0 Å². The first-order valence-electron chi connectivity index (χ1n) is 5.53. The van der Waals surface area contributed by atoms with Crippen molar-refractivity contribution in [2.24, 2.45) is 11.7 Å². The Morgan fingerprint density at radius 2 is 2.21 bits per heavy atom. The number of rotatable bonds is 2. The van der Waals surface area contributed by atoms with E-state index in [1.807, 2.05) is 0 Å². The molecule has 82 valence electrons. The number of hydrogen-bond acceptors (Lipinski definition) is 2. The van der Waals surface area contributed by atoms with Crippen LogP contribution in [-0.2, 0) is 4.79 Å². The van der Waals surface area contributed by atoms with Gasteiger partial charge in [-0.2, -0.15) is 0 Å². The van der Waals surface area contributed by atoms with Crippen LogP contribution in [0.4, 0.5) is 0 Å². The molecule has 1 aliphatic carbocycles.